The number of carbonyl (C=O) groups is 2. The van der Waals surface area contributed by atoms with Crippen molar-refractivity contribution in [3.8, 4) is 0 Å². The van der Waals surface area contributed by atoms with Crippen molar-refractivity contribution in [3.63, 3.8) is 0 Å². The van der Waals surface area contributed by atoms with Gasteiger partial charge in [0.2, 0.25) is 0 Å². The molecule has 2 aromatic heterocycles. The molecule has 0 unspecified atom stereocenters. The van der Waals surface area contributed by atoms with Gasteiger partial charge in [0, 0.05) is 36.8 Å². The summed E-state index contributed by atoms with van der Waals surface area (Å²) in [4.78, 5) is 30.4. The highest BCUT2D eigenvalue weighted by atomic mass is 16.2. The summed E-state index contributed by atoms with van der Waals surface area (Å²) >= 11 is 0. The lowest BCUT2D eigenvalue weighted by molar-refractivity contribution is -0.124. The predicted octanol–water partition coefficient (Wildman–Crippen LogP) is 1.40. The second-order valence-corrected chi connectivity index (χ2v) is 5.70. The monoisotopic (exact) mass is 286 g/mol. The Labute approximate surface area is 122 Å². The van der Waals surface area contributed by atoms with E-state index in [1.54, 1.807) is 15.6 Å². The molecule has 0 aliphatic carbocycles. The molecule has 3 heterocycles. The number of nitrogens with zero attached hydrogens (tertiary/aromatic N) is 4. The van der Waals surface area contributed by atoms with Crippen LogP contribution in [0.2, 0.25) is 0 Å². The van der Waals surface area contributed by atoms with Gasteiger partial charge in [0.1, 0.15) is 11.3 Å². The maximum absolute atomic E-state index is 12.7. The Bertz CT molecular complexity index is 735. The van der Waals surface area contributed by atoms with Crippen molar-refractivity contribution in [3.05, 3.63) is 29.2 Å². The largest absolute Gasteiger partial charge is 0.337 e. The zero-order valence-corrected chi connectivity index (χ0v) is 12.5. The molecule has 0 bridgehead atoms. The van der Waals surface area contributed by atoms with Gasteiger partial charge >= 0.3 is 0 Å². The number of piperidine rings is 1. The van der Waals surface area contributed by atoms with Gasteiger partial charge in [0.25, 0.3) is 5.91 Å². The van der Waals surface area contributed by atoms with E-state index in [-0.39, 0.29) is 17.6 Å². The van der Waals surface area contributed by atoms with Gasteiger partial charge in [-0.3, -0.25) is 9.59 Å². The maximum Gasteiger partial charge on any atom is 0.259 e. The molecule has 1 aliphatic rings. The first-order chi connectivity index (χ1) is 9.97. The van der Waals surface area contributed by atoms with Crippen molar-refractivity contribution < 1.29 is 9.59 Å². The van der Waals surface area contributed by atoms with E-state index in [1.165, 1.54) is 0 Å². The van der Waals surface area contributed by atoms with Crippen molar-refractivity contribution in [1.82, 2.24) is 19.5 Å². The molecule has 1 aliphatic heterocycles. The molecule has 6 nitrogen and oxygen atoms in total. The van der Waals surface area contributed by atoms with Crippen molar-refractivity contribution in [2.45, 2.75) is 27.2 Å². The summed E-state index contributed by atoms with van der Waals surface area (Å²) in [6.07, 6.45) is 2.00. The van der Waals surface area contributed by atoms with Crippen LogP contribution in [0.15, 0.2) is 12.3 Å². The fraction of sp³-hybridized carbons (Fsp3) is 0.467. The Morgan fingerprint density at radius 1 is 1.38 bits per heavy atom. The molecule has 0 N–H and O–H groups in total. The molecule has 0 spiro atoms. The van der Waals surface area contributed by atoms with Crippen LogP contribution in [0.25, 0.3) is 5.65 Å². The number of hydrogen-bond acceptors (Lipinski definition) is 4. The van der Waals surface area contributed by atoms with E-state index in [1.807, 2.05) is 26.8 Å². The van der Waals surface area contributed by atoms with E-state index in [0.29, 0.717) is 30.7 Å². The number of ketones is 1. The molecule has 1 saturated heterocycles. The Hall–Kier alpha value is -2.24. The van der Waals surface area contributed by atoms with Crippen LogP contribution < -0.4 is 0 Å². The Balaban J connectivity index is 1.97. The zero-order chi connectivity index (χ0) is 15.1. The van der Waals surface area contributed by atoms with Crippen LogP contribution in [-0.2, 0) is 4.79 Å². The van der Waals surface area contributed by atoms with Crippen molar-refractivity contribution in [1.29, 1.82) is 0 Å². The molecule has 1 atom stereocenters. The highest BCUT2D eigenvalue weighted by Gasteiger charge is 2.29. The van der Waals surface area contributed by atoms with E-state index in [2.05, 4.69) is 10.1 Å². The standard InChI is InChI=1S/C15H18N4O2/c1-9-8-18(5-4-13(9)20)15(21)12-7-16-19-11(3)6-10(2)17-14(12)19/h6-7,9H,4-5,8H2,1-3H3/t9-/m0/s1. The van der Waals surface area contributed by atoms with Crippen LogP contribution >= 0.6 is 0 Å². The molecule has 0 radical (unpaired) electrons. The third-order valence-electron chi connectivity index (χ3n) is 3.97. The Kier molecular flexibility index (Phi) is 3.23. The SMILES string of the molecule is Cc1cc(C)n2ncc(C(=O)N3CCC(=O)[C@@H](C)C3)c2n1. The van der Waals surface area contributed by atoms with Gasteiger partial charge in [0.15, 0.2) is 5.65 Å². The molecular formula is C15H18N4O2. The lowest BCUT2D eigenvalue weighted by Crippen LogP contribution is -2.43. The molecule has 3 rings (SSSR count). The normalized spacial score (nSPS) is 19.3. The average Bonchev–Trinajstić information content (AvgIpc) is 2.85. The minimum absolute atomic E-state index is 0.0955. The number of Topliss-reactive ketones (excluding diaryl/α,β-unsaturated/α-hetero) is 1. The van der Waals surface area contributed by atoms with Crippen molar-refractivity contribution in [2.75, 3.05) is 13.1 Å². The van der Waals surface area contributed by atoms with E-state index < -0.39 is 0 Å². The van der Waals surface area contributed by atoms with E-state index in [4.69, 9.17) is 0 Å². The van der Waals surface area contributed by atoms with Gasteiger partial charge in [-0.1, -0.05) is 6.92 Å². The van der Waals surface area contributed by atoms with Crippen LogP contribution in [0.3, 0.4) is 0 Å². The summed E-state index contributed by atoms with van der Waals surface area (Å²) in [7, 11) is 0. The van der Waals surface area contributed by atoms with E-state index >= 15 is 0 Å². The molecule has 1 amide bonds. The smallest absolute Gasteiger partial charge is 0.259 e. The maximum atomic E-state index is 12.7. The van der Waals surface area contributed by atoms with Gasteiger partial charge in [-0.15, -0.1) is 0 Å². The average molecular weight is 286 g/mol. The first-order valence-electron chi connectivity index (χ1n) is 7.11. The van der Waals surface area contributed by atoms with Crippen molar-refractivity contribution in [2.24, 2.45) is 5.92 Å². The Morgan fingerprint density at radius 2 is 2.14 bits per heavy atom. The number of hydrogen-bond donors (Lipinski definition) is 0. The fourth-order valence-electron chi connectivity index (χ4n) is 2.79. The molecular weight excluding hydrogens is 268 g/mol. The van der Waals surface area contributed by atoms with Gasteiger partial charge in [-0.25, -0.2) is 9.50 Å². The molecule has 21 heavy (non-hydrogen) atoms. The Morgan fingerprint density at radius 3 is 2.86 bits per heavy atom. The molecule has 6 heteroatoms. The van der Waals surface area contributed by atoms with Crippen LogP contribution in [0.4, 0.5) is 0 Å². The topological polar surface area (TPSA) is 67.6 Å². The third-order valence-corrected chi connectivity index (χ3v) is 3.97. The molecule has 110 valence electrons. The molecule has 2 aromatic rings. The second kappa shape index (κ2) is 4.95. The summed E-state index contributed by atoms with van der Waals surface area (Å²) in [6.45, 7) is 6.65. The number of fused-ring (bicyclic) bond motifs is 1. The quantitative estimate of drug-likeness (QED) is 0.794. The van der Waals surface area contributed by atoms with Gasteiger partial charge in [-0.05, 0) is 19.9 Å². The van der Waals surface area contributed by atoms with Crippen LogP contribution in [-0.4, -0.2) is 44.3 Å². The summed E-state index contributed by atoms with van der Waals surface area (Å²) in [5.41, 5.74) is 2.89. The van der Waals surface area contributed by atoms with Crippen LogP contribution in [0, 0.1) is 19.8 Å². The summed E-state index contributed by atoms with van der Waals surface area (Å²) < 4.78 is 1.68. The summed E-state index contributed by atoms with van der Waals surface area (Å²) in [6, 6.07) is 1.93. The van der Waals surface area contributed by atoms with Gasteiger partial charge < -0.3 is 4.90 Å². The van der Waals surface area contributed by atoms with Gasteiger partial charge in [0.05, 0.1) is 6.20 Å². The molecule has 1 fully saturated rings. The zero-order valence-electron chi connectivity index (χ0n) is 12.5. The molecule has 0 saturated carbocycles. The predicted molar refractivity (Wildman–Crippen MR) is 77.2 cm³/mol. The summed E-state index contributed by atoms with van der Waals surface area (Å²) in [5.74, 6) is 0.0338. The number of amides is 1. The minimum Gasteiger partial charge on any atom is -0.337 e. The number of likely N-dealkylation sites (tertiary alicyclic amines) is 1. The fourth-order valence-corrected chi connectivity index (χ4v) is 2.79. The minimum atomic E-state index is -0.0963. The van der Waals surface area contributed by atoms with Crippen molar-refractivity contribution >= 4 is 17.3 Å². The van der Waals surface area contributed by atoms with E-state index in [9.17, 15) is 9.59 Å². The number of carbonyl (C=O) groups excluding carboxylic acids is 2. The number of aryl methyl sites for hydroxylation is 2. The van der Waals surface area contributed by atoms with Gasteiger partial charge in [-0.2, -0.15) is 5.10 Å². The van der Waals surface area contributed by atoms with E-state index in [0.717, 1.165) is 11.4 Å². The number of aromatic nitrogens is 3. The summed E-state index contributed by atoms with van der Waals surface area (Å²) in [5, 5.41) is 4.25. The van der Waals surface area contributed by atoms with Crippen LogP contribution in [0.1, 0.15) is 35.1 Å². The first kappa shape index (κ1) is 13.7. The highest BCUT2D eigenvalue weighted by Crippen LogP contribution is 2.18. The molecule has 0 aromatic carbocycles. The number of rotatable bonds is 1. The third kappa shape index (κ3) is 2.30. The highest BCUT2D eigenvalue weighted by molar-refractivity contribution is 6.00. The first-order valence-corrected chi connectivity index (χ1v) is 7.11. The lowest BCUT2D eigenvalue weighted by Gasteiger charge is -2.29. The second-order valence-electron chi connectivity index (χ2n) is 5.70. The lowest BCUT2D eigenvalue weighted by atomic mass is 9.98. The van der Waals surface area contributed by atoms with Crippen LogP contribution in [0.5, 0.6) is 0 Å².